The zero-order valence-corrected chi connectivity index (χ0v) is 16.2. The Morgan fingerprint density at radius 2 is 2.04 bits per heavy atom. The van der Waals surface area contributed by atoms with Gasteiger partial charge in [-0.15, -0.1) is 0 Å². The number of hydrogen-bond donors (Lipinski definition) is 2. The van der Waals surface area contributed by atoms with Gasteiger partial charge in [-0.2, -0.15) is 0 Å². The van der Waals surface area contributed by atoms with E-state index >= 15 is 0 Å². The number of nitrogens with one attached hydrogen (secondary N) is 1. The number of benzene rings is 1. The van der Waals surface area contributed by atoms with Gasteiger partial charge in [-0.05, 0) is 31.2 Å². The van der Waals surface area contributed by atoms with Crippen molar-refractivity contribution in [2.24, 2.45) is 0 Å². The maximum absolute atomic E-state index is 11.9. The molecule has 0 aliphatic rings. The van der Waals surface area contributed by atoms with Crippen LogP contribution in [0.15, 0.2) is 30.5 Å². The molecule has 9 heteroatoms. The van der Waals surface area contributed by atoms with Crippen molar-refractivity contribution in [2.75, 3.05) is 13.2 Å². The second kappa shape index (κ2) is 9.43. The number of ether oxygens (including phenoxy) is 2. The molecule has 1 heterocycles. The number of hydrogen-bond acceptors (Lipinski definition) is 6. The average molecular weight is 413 g/mol. The molecule has 0 aliphatic heterocycles. The number of pyridine rings is 1. The predicted molar refractivity (Wildman–Crippen MR) is 101 cm³/mol. The van der Waals surface area contributed by atoms with Crippen molar-refractivity contribution in [1.82, 2.24) is 10.3 Å². The summed E-state index contributed by atoms with van der Waals surface area (Å²) < 4.78 is 10.4. The Kier molecular flexibility index (Phi) is 7.27. The first-order chi connectivity index (χ1) is 12.8. The van der Waals surface area contributed by atoms with Crippen molar-refractivity contribution < 1.29 is 24.2 Å². The molecule has 27 heavy (non-hydrogen) atoms. The van der Waals surface area contributed by atoms with Crippen LogP contribution in [-0.2, 0) is 14.3 Å². The van der Waals surface area contributed by atoms with Gasteiger partial charge in [0.15, 0.2) is 17.6 Å². The van der Waals surface area contributed by atoms with Crippen molar-refractivity contribution in [3.05, 3.63) is 40.5 Å². The van der Waals surface area contributed by atoms with Gasteiger partial charge in [-0.1, -0.05) is 23.2 Å². The standard InChI is InChI=1S/C18H18Cl2N2O5/c1-10(18(25)26-6-5-21-11(2)23)27-16-4-3-12(7-15(16)24)17-14(20)8-13(19)9-22-17/h3-4,7-10,24H,5-6H2,1-2H3,(H,21,23). The summed E-state index contributed by atoms with van der Waals surface area (Å²) in [5, 5.41) is 13.4. The molecule has 0 saturated carbocycles. The number of carbonyl (C=O) groups excluding carboxylic acids is 2. The minimum atomic E-state index is -0.948. The molecule has 2 N–H and O–H groups in total. The first-order valence-corrected chi connectivity index (χ1v) is 8.75. The zero-order chi connectivity index (χ0) is 20.0. The van der Waals surface area contributed by atoms with Crippen LogP contribution in [0.25, 0.3) is 11.3 Å². The molecule has 0 aliphatic carbocycles. The quantitative estimate of drug-likeness (QED) is 0.535. The lowest BCUT2D eigenvalue weighted by Gasteiger charge is -2.15. The van der Waals surface area contributed by atoms with Gasteiger partial charge in [0, 0.05) is 18.7 Å². The first-order valence-electron chi connectivity index (χ1n) is 8.00. The molecule has 0 saturated heterocycles. The molecule has 1 amide bonds. The highest BCUT2D eigenvalue weighted by Gasteiger charge is 2.18. The van der Waals surface area contributed by atoms with E-state index in [1.54, 1.807) is 12.1 Å². The Morgan fingerprint density at radius 3 is 2.67 bits per heavy atom. The minimum absolute atomic E-state index is 0.0256. The summed E-state index contributed by atoms with van der Waals surface area (Å²) in [5.41, 5.74) is 1.01. The smallest absolute Gasteiger partial charge is 0.347 e. The summed E-state index contributed by atoms with van der Waals surface area (Å²) in [6.45, 7) is 3.10. The third-order valence-electron chi connectivity index (χ3n) is 3.40. The summed E-state index contributed by atoms with van der Waals surface area (Å²) in [6, 6.07) is 6.11. The molecule has 7 nitrogen and oxygen atoms in total. The Morgan fingerprint density at radius 1 is 1.30 bits per heavy atom. The van der Waals surface area contributed by atoms with E-state index in [0.29, 0.717) is 21.3 Å². The molecule has 2 aromatic rings. The summed E-state index contributed by atoms with van der Waals surface area (Å²) in [6.07, 6.45) is 0.500. The van der Waals surface area contributed by atoms with Crippen LogP contribution in [0, 0.1) is 0 Å². The average Bonchev–Trinajstić information content (AvgIpc) is 2.60. The normalized spacial score (nSPS) is 11.6. The molecule has 1 aromatic carbocycles. The molecule has 1 aromatic heterocycles. The number of esters is 1. The van der Waals surface area contributed by atoms with E-state index in [2.05, 4.69) is 10.3 Å². The summed E-state index contributed by atoms with van der Waals surface area (Å²) in [7, 11) is 0. The fourth-order valence-electron chi connectivity index (χ4n) is 2.13. The highest BCUT2D eigenvalue weighted by molar-refractivity contribution is 6.36. The van der Waals surface area contributed by atoms with Gasteiger partial charge in [0.25, 0.3) is 0 Å². The Hall–Kier alpha value is -2.51. The maximum atomic E-state index is 11.9. The van der Waals surface area contributed by atoms with E-state index < -0.39 is 12.1 Å². The predicted octanol–water partition coefficient (Wildman–Crippen LogP) is 3.21. The van der Waals surface area contributed by atoms with E-state index in [0.717, 1.165) is 0 Å². The molecule has 0 radical (unpaired) electrons. The second-order valence-electron chi connectivity index (χ2n) is 5.58. The summed E-state index contributed by atoms with van der Waals surface area (Å²) in [4.78, 5) is 26.8. The van der Waals surface area contributed by atoms with Crippen LogP contribution in [0.1, 0.15) is 13.8 Å². The Bertz CT molecular complexity index is 844. The molecule has 2 rings (SSSR count). The monoisotopic (exact) mass is 412 g/mol. The second-order valence-corrected chi connectivity index (χ2v) is 6.42. The summed E-state index contributed by atoms with van der Waals surface area (Å²) >= 11 is 11.9. The largest absolute Gasteiger partial charge is 0.504 e. The lowest BCUT2D eigenvalue weighted by atomic mass is 10.1. The van der Waals surface area contributed by atoms with Crippen molar-refractivity contribution >= 4 is 35.1 Å². The number of amides is 1. The molecule has 1 unspecified atom stereocenters. The van der Waals surface area contributed by atoms with Crippen molar-refractivity contribution in [3.8, 4) is 22.8 Å². The number of aromatic nitrogens is 1. The molecule has 1 atom stereocenters. The van der Waals surface area contributed by atoms with E-state index in [9.17, 15) is 14.7 Å². The topological polar surface area (TPSA) is 97.8 Å². The van der Waals surface area contributed by atoms with Gasteiger partial charge in [0.2, 0.25) is 5.91 Å². The van der Waals surface area contributed by atoms with Crippen LogP contribution in [-0.4, -0.2) is 41.2 Å². The molecule has 0 bridgehead atoms. The highest BCUT2D eigenvalue weighted by Crippen LogP contribution is 2.34. The third kappa shape index (κ3) is 6.01. The minimum Gasteiger partial charge on any atom is -0.504 e. The molecular weight excluding hydrogens is 395 g/mol. The van der Waals surface area contributed by atoms with Crippen LogP contribution in [0.5, 0.6) is 11.5 Å². The molecule has 144 valence electrons. The van der Waals surface area contributed by atoms with E-state index in [-0.39, 0.29) is 30.6 Å². The van der Waals surface area contributed by atoms with Crippen LogP contribution in [0.2, 0.25) is 10.0 Å². The van der Waals surface area contributed by atoms with Crippen molar-refractivity contribution in [1.29, 1.82) is 0 Å². The molecule has 0 spiro atoms. The zero-order valence-electron chi connectivity index (χ0n) is 14.7. The fraction of sp³-hybridized carbons (Fsp3) is 0.278. The third-order valence-corrected chi connectivity index (χ3v) is 3.89. The number of rotatable bonds is 7. The number of halogens is 2. The van der Waals surface area contributed by atoms with Gasteiger partial charge in [-0.3, -0.25) is 9.78 Å². The van der Waals surface area contributed by atoms with Gasteiger partial charge in [0.05, 0.1) is 22.3 Å². The van der Waals surface area contributed by atoms with Crippen molar-refractivity contribution in [2.45, 2.75) is 20.0 Å². The molecular formula is C18H18Cl2N2O5. The number of nitrogens with zero attached hydrogens (tertiary/aromatic N) is 1. The first kappa shape index (κ1) is 20.8. The van der Waals surface area contributed by atoms with Gasteiger partial charge >= 0.3 is 5.97 Å². The molecule has 0 fully saturated rings. The Balaban J connectivity index is 2.01. The SMILES string of the molecule is CC(=O)NCCOC(=O)C(C)Oc1ccc(-c2ncc(Cl)cc2Cl)cc1O. The van der Waals surface area contributed by atoms with Crippen LogP contribution in [0.4, 0.5) is 0 Å². The van der Waals surface area contributed by atoms with Crippen LogP contribution < -0.4 is 10.1 Å². The van der Waals surface area contributed by atoms with Crippen molar-refractivity contribution in [3.63, 3.8) is 0 Å². The van der Waals surface area contributed by atoms with E-state index in [1.165, 1.54) is 32.2 Å². The number of phenols is 1. The van der Waals surface area contributed by atoms with Gasteiger partial charge in [-0.25, -0.2) is 4.79 Å². The van der Waals surface area contributed by atoms with Crippen LogP contribution >= 0.6 is 23.2 Å². The van der Waals surface area contributed by atoms with Crippen LogP contribution in [0.3, 0.4) is 0 Å². The number of aromatic hydroxyl groups is 1. The Labute approximate surface area is 166 Å². The summed E-state index contributed by atoms with van der Waals surface area (Å²) in [5.74, 6) is -0.907. The highest BCUT2D eigenvalue weighted by atomic mass is 35.5. The van der Waals surface area contributed by atoms with E-state index in [1.807, 2.05) is 0 Å². The van der Waals surface area contributed by atoms with E-state index in [4.69, 9.17) is 32.7 Å². The van der Waals surface area contributed by atoms with Gasteiger partial charge in [0.1, 0.15) is 6.61 Å². The lowest BCUT2D eigenvalue weighted by Crippen LogP contribution is -2.30. The number of carbonyl (C=O) groups is 2. The number of phenolic OH excluding ortho intramolecular Hbond substituents is 1. The fourth-order valence-corrected chi connectivity index (χ4v) is 2.62. The maximum Gasteiger partial charge on any atom is 0.347 e. The lowest BCUT2D eigenvalue weighted by molar-refractivity contribution is -0.151. The van der Waals surface area contributed by atoms with Gasteiger partial charge < -0.3 is 19.9 Å².